The molecule has 0 atom stereocenters. The summed E-state index contributed by atoms with van der Waals surface area (Å²) in [5, 5.41) is 0.983. The SMILES string of the molecule is CCCCN(C)C(=O)CCCCCCCN(C(C)=O)c1c(-c2ccc(OC)cc2)n(Cc2ccccc2)c2ccc(OC)cc12. The van der Waals surface area contributed by atoms with E-state index in [2.05, 4.69) is 54.0 Å². The molecule has 7 heteroatoms. The molecular formula is C38H49N3O4. The largest absolute Gasteiger partial charge is 0.497 e. The summed E-state index contributed by atoms with van der Waals surface area (Å²) in [6, 6.07) is 24.6. The third kappa shape index (κ3) is 8.68. The first-order valence-corrected chi connectivity index (χ1v) is 16.3. The second-order valence-corrected chi connectivity index (χ2v) is 11.7. The van der Waals surface area contributed by atoms with Gasteiger partial charge >= 0.3 is 0 Å². The Morgan fingerprint density at radius 1 is 0.778 bits per heavy atom. The predicted molar refractivity (Wildman–Crippen MR) is 184 cm³/mol. The molecule has 0 N–H and O–H groups in total. The Kier molecular flexibility index (Phi) is 12.5. The number of carbonyl (C=O) groups is 2. The molecule has 0 aliphatic carbocycles. The molecule has 45 heavy (non-hydrogen) atoms. The van der Waals surface area contributed by atoms with Crippen LogP contribution in [0.15, 0.2) is 72.8 Å². The van der Waals surface area contributed by atoms with Crippen molar-refractivity contribution >= 4 is 28.4 Å². The number of ether oxygens (including phenoxy) is 2. The number of amides is 2. The lowest BCUT2D eigenvalue weighted by molar-refractivity contribution is -0.130. The van der Waals surface area contributed by atoms with Gasteiger partial charge in [0.1, 0.15) is 11.5 Å². The molecule has 0 aliphatic heterocycles. The van der Waals surface area contributed by atoms with Crippen molar-refractivity contribution in [2.75, 3.05) is 39.3 Å². The number of benzene rings is 3. The molecule has 0 radical (unpaired) electrons. The van der Waals surface area contributed by atoms with Crippen molar-refractivity contribution in [3.05, 3.63) is 78.4 Å². The van der Waals surface area contributed by atoms with Gasteiger partial charge in [0.2, 0.25) is 11.8 Å². The van der Waals surface area contributed by atoms with Gasteiger partial charge in [0.05, 0.1) is 31.1 Å². The van der Waals surface area contributed by atoms with Crippen LogP contribution in [0.5, 0.6) is 11.5 Å². The molecule has 240 valence electrons. The average molecular weight is 612 g/mol. The zero-order valence-corrected chi connectivity index (χ0v) is 27.7. The van der Waals surface area contributed by atoms with Gasteiger partial charge in [-0.2, -0.15) is 0 Å². The van der Waals surface area contributed by atoms with Crippen LogP contribution >= 0.6 is 0 Å². The lowest BCUT2D eigenvalue weighted by atomic mass is 10.1. The van der Waals surface area contributed by atoms with Gasteiger partial charge in [-0.05, 0) is 67.3 Å². The molecule has 4 rings (SSSR count). The summed E-state index contributed by atoms with van der Waals surface area (Å²) in [7, 11) is 5.24. The molecule has 0 unspecified atom stereocenters. The zero-order chi connectivity index (χ0) is 32.2. The van der Waals surface area contributed by atoms with Gasteiger partial charge in [0, 0.05) is 51.0 Å². The Bertz CT molecular complexity index is 1530. The van der Waals surface area contributed by atoms with Crippen molar-refractivity contribution in [3.8, 4) is 22.8 Å². The second-order valence-electron chi connectivity index (χ2n) is 11.7. The fourth-order valence-electron chi connectivity index (χ4n) is 5.90. The zero-order valence-electron chi connectivity index (χ0n) is 27.7. The quantitative estimate of drug-likeness (QED) is 0.113. The summed E-state index contributed by atoms with van der Waals surface area (Å²) in [5.41, 5.74) is 5.12. The van der Waals surface area contributed by atoms with Gasteiger partial charge < -0.3 is 23.8 Å². The maximum absolute atomic E-state index is 13.4. The number of unbranched alkanes of at least 4 members (excludes halogenated alkanes) is 5. The number of hydrogen-bond acceptors (Lipinski definition) is 4. The maximum atomic E-state index is 13.4. The first-order chi connectivity index (χ1) is 21.9. The molecule has 1 heterocycles. The second kappa shape index (κ2) is 16.7. The number of fused-ring (bicyclic) bond motifs is 1. The predicted octanol–water partition coefficient (Wildman–Crippen LogP) is 8.33. The van der Waals surface area contributed by atoms with E-state index < -0.39 is 0 Å². The molecular weight excluding hydrogens is 562 g/mol. The van der Waals surface area contributed by atoms with Crippen molar-refractivity contribution in [2.45, 2.75) is 71.8 Å². The molecule has 0 aliphatic rings. The maximum Gasteiger partial charge on any atom is 0.223 e. The van der Waals surface area contributed by atoms with Crippen LogP contribution in [0.3, 0.4) is 0 Å². The van der Waals surface area contributed by atoms with Crippen molar-refractivity contribution in [1.29, 1.82) is 0 Å². The van der Waals surface area contributed by atoms with Crippen molar-refractivity contribution in [1.82, 2.24) is 9.47 Å². The number of rotatable bonds is 17. The van der Waals surface area contributed by atoms with E-state index in [0.717, 1.165) is 90.8 Å². The highest BCUT2D eigenvalue weighted by Gasteiger charge is 2.26. The molecule has 4 aromatic rings. The molecule has 0 saturated heterocycles. The number of carbonyl (C=O) groups excluding carboxylic acids is 2. The Hall–Kier alpha value is -4.26. The highest BCUT2D eigenvalue weighted by Crippen LogP contribution is 2.43. The highest BCUT2D eigenvalue weighted by atomic mass is 16.5. The molecule has 3 aromatic carbocycles. The van der Waals surface area contributed by atoms with E-state index in [1.54, 1.807) is 21.1 Å². The van der Waals surface area contributed by atoms with E-state index >= 15 is 0 Å². The van der Waals surface area contributed by atoms with E-state index in [1.165, 1.54) is 5.56 Å². The average Bonchev–Trinajstić information content (AvgIpc) is 3.37. The van der Waals surface area contributed by atoms with Crippen LogP contribution in [0.2, 0.25) is 0 Å². The molecule has 0 spiro atoms. The van der Waals surface area contributed by atoms with E-state index in [4.69, 9.17) is 9.47 Å². The number of nitrogens with zero attached hydrogens (tertiary/aromatic N) is 3. The van der Waals surface area contributed by atoms with Crippen LogP contribution in [0.25, 0.3) is 22.2 Å². The van der Waals surface area contributed by atoms with Gasteiger partial charge in [-0.15, -0.1) is 0 Å². The Labute approximate surface area is 268 Å². The number of methoxy groups -OCH3 is 2. The minimum absolute atomic E-state index is 0.00653. The minimum Gasteiger partial charge on any atom is -0.497 e. The first kappa shape index (κ1) is 33.6. The van der Waals surface area contributed by atoms with Gasteiger partial charge in [-0.3, -0.25) is 9.59 Å². The lowest BCUT2D eigenvalue weighted by Crippen LogP contribution is -2.30. The molecule has 1 aromatic heterocycles. The van der Waals surface area contributed by atoms with E-state index in [-0.39, 0.29) is 11.8 Å². The normalized spacial score (nSPS) is 11.0. The van der Waals surface area contributed by atoms with Crippen molar-refractivity contribution < 1.29 is 19.1 Å². The van der Waals surface area contributed by atoms with E-state index in [1.807, 2.05) is 47.2 Å². The van der Waals surface area contributed by atoms with Gasteiger partial charge in [0.15, 0.2) is 0 Å². The van der Waals surface area contributed by atoms with Crippen LogP contribution in [-0.4, -0.2) is 55.6 Å². The standard InChI is InChI=1S/C38H49N3O4/c1-6-7-25-39(3)36(43)18-14-9-8-10-15-26-40(29(2)42)38-34-27-33(45-5)23-24-35(34)41(28-30-16-12-11-13-17-30)37(38)31-19-21-32(44-4)22-20-31/h11-13,16-17,19-24,27H,6-10,14-15,18,25-26,28H2,1-5H3. The summed E-state index contributed by atoms with van der Waals surface area (Å²) in [6.07, 6.45) is 7.57. The van der Waals surface area contributed by atoms with E-state index in [9.17, 15) is 9.59 Å². The van der Waals surface area contributed by atoms with Gasteiger partial charge in [-0.1, -0.05) is 62.9 Å². The molecule has 2 amide bonds. The third-order valence-corrected chi connectivity index (χ3v) is 8.49. The van der Waals surface area contributed by atoms with Crippen LogP contribution in [0.4, 0.5) is 5.69 Å². The topological polar surface area (TPSA) is 64.0 Å². The highest BCUT2D eigenvalue weighted by molar-refractivity contribution is 6.09. The molecule has 7 nitrogen and oxygen atoms in total. The Morgan fingerprint density at radius 3 is 2.11 bits per heavy atom. The van der Waals surface area contributed by atoms with Crippen LogP contribution in [-0.2, 0) is 16.1 Å². The summed E-state index contributed by atoms with van der Waals surface area (Å²) in [4.78, 5) is 29.6. The Morgan fingerprint density at radius 2 is 1.44 bits per heavy atom. The Balaban J connectivity index is 1.61. The number of hydrogen-bond donors (Lipinski definition) is 0. The summed E-state index contributed by atoms with van der Waals surface area (Å²) in [5.74, 6) is 1.78. The number of aromatic nitrogens is 1. The fourth-order valence-corrected chi connectivity index (χ4v) is 5.90. The summed E-state index contributed by atoms with van der Waals surface area (Å²) in [6.45, 7) is 5.90. The monoisotopic (exact) mass is 611 g/mol. The smallest absolute Gasteiger partial charge is 0.223 e. The minimum atomic E-state index is 0.00653. The molecule has 0 bridgehead atoms. The number of anilines is 1. The van der Waals surface area contributed by atoms with E-state index in [0.29, 0.717) is 19.5 Å². The van der Waals surface area contributed by atoms with Gasteiger partial charge in [0.25, 0.3) is 0 Å². The van der Waals surface area contributed by atoms with Crippen molar-refractivity contribution in [3.63, 3.8) is 0 Å². The van der Waals surface area contributed by atoms with Crippen LogP contribution in [0.1, 0.15) is 70.8 Å². The third-order valence-electron chi connectivity index (χ3n) is 8.49. The first-order valence-electron chi connectivity index (χ1n) is 16.3. The van der Waals surface area contributed by atoms with Crippen LogP contribution in [0, 0.1) is 0 Å². The molecule has 0 fully saturated rings. The van der Waals surface area contributed by atoms with Crippen molar-refractivity contribution in [2.24, 2.45) is 0 Å². The van der Waals surface area contributed by atoms with Crippen LogP contribution < -0.4 is 14.4 Å². The lowest BCUT2D eigenvalue weighted by Gasteiger charge is -2.24. The van der Waals surface area contributed by atoms with Gasteiger partial charge in [-0.25, -0.2) is 0 Å². The summed E-state index contributed by atoms with van der Waals surface area (Å²) < 4.78 is 13.4. The molecule has 0 saturated carbocycles. The fraction of sp³-hybridized carbons (Fsp3) is 0.421. The summed E-state index contributed by atoms with van der Waals surface area (Å²) >= 11 is 0.